The SMILES string of the molecule is CC1(C)OC2CCC(S)=C(S)CCC2O1. The first-order valence-corrected chi connectivity index (χ1v) is 6.33. The molecule has 2 unspecified atom stereocenters. The molecule has 4 heteroatoms. The third kappa shape index (κ3) is 2.73. The summed E-state index contributed by atoms with van der Waals surface area (Å²) in [6, 6.07) is 0. The number of ether oxygens (including phenoxy) is 2. The van der Waals surface area contributed by atoms with Gasteiger partial charge in [-0.1, -0.05) is 0 Å². The molecule has 0 N–H and O–H groups in total. The van der Waals surface area contributed by atoms with Gasteiger partial charge >= 0.3 is 0 Å². The fraction of sp³-hybridized carbons (Fsp3) is 0.818. The predicted octanol–water partition coefficient (Wildman–Crippen LogP) is 3.15. The molecule has 2 atom stereocenters. The van der Waals surface area contributed by atoms with Crippen molar-refractivity contribution >= 4 is 25.3 Å². The van der Waals surface area contributed by atoms with Crippen molar-refractivity contribution in [3.05, 3.63) is 9.81 Å². The summed E-state index contributed by atoms with van der Waals surface area (Å²) in [5.41, 5.74) is 0. The number of hydrogen-bond donors (Lipinski definition) is 2. The van der Waals surface area contributed by atoms with Crippen LogP contribution in [0.15, 0.2) is 9.81 Å². The van der Waals surface area contributed by atoms with Crippen molar-refractivity contribution in [3.8, 4) is 0 Å². The van der Waals surface area contributed by atoms with E-state index in [2.05, 4.69) is 25.3 Å². The number of thiol groups is 2. The van der Waals surface area contributed by atoms with E-state index >= 15 is 0 Å². The highest BCUT2D eigenvalue weighted by atomic mass is 32.1. The molecule has 0 amide bonds. The van der Waals surface area contributed by atoms with Crippen LogP contribution < -0.4 is 0 Å². The van der Waals surface area contributed by atoms with Gasteiger partial charge in [0.1, 0.15) is 0 Å². The Balaban J connectivity index is 2.08. The standard InChI is InChI=1S/C11H18O2S2/c1-11(2)12-7-3-5-9(14)10(15)6-4-8(7)13-11/h7-8,14-15H,3-6H2,1-2H3. The molecule has 2 nitrogen and oxygen atoms in total. The van der Waals surface area contributed by atoms with Crippen LogP contribution in [0.25, 0.3) is 0 Å². The molecule has 86 valence electrons. The highest BCUT2D eigenvalue weighted by Gasteiger charge is 2.41. The smallest absolute Gasteiger partial charge is 0.163 e. The minimum atomic E-state index is -0.423. The second kappa shape index (κ2) is 4.32. The lowest BCUT2D eigenvalue weighted by atomic mass is 10.0. The number of allylic oxidation sites excluding steroid dienone is 2. The molecule has 0 bridgehead atoms. The summed E-state index contributed by atoms with van der Waals surface area (Å²) in [6.45, 7) is 3.96. The quantitative estimate of drug-likeness (QED) is 0.640. The van der Waals surface area contributed by atoms with E-state index in [-0.39, 0.29) is 12.2 Å². The van der Waals surface area contributed by atoms with Crippen LogP contribution in [0.3, 0.4) is 0 Å². The van der Waals surface area contributed by atoms with Gasteiger partial charge in [-0.25, -0.2) is 0 Å². The van der Waals surface area contributed by atoms with Crippen molar-refractivity contribution in [2.45, 2.75) is 57.5 Å². The van der Waals surface area contributed by atoms with Gasteiger partial charge in [0.15, 0.2) is 5.79 Å². The van der Waals surface area contributed by atoms with Crippen molar-refractivity contribution in [3.63, 3.8) is 0 Å². The molecule has 1 aliphatic carbocycles. The Morgan fingerprint density at radius 3 is 1.80 bits per heavy atom. The van der Waals surface area contributed by atoms with Gasteiger partial charge in [0.05, 0.1) is 12.2 Å². The molecule has 1 fully saturated rings. The molecule has 0 aromatic carbocycles. The van der Waals surface area contributed by atoms with Crippen LogP contribution in [-0.4, -0.2) is 18.0 Å². The summed E-state index contributed by atoms with van der Waals surface area (Å²) >= 11 is 8.91. The lowest BCUT2D eigenvalue weighted by Gasteiger charge is -2.20. The minimum Gasteiger partial charge on any atom is -0.345 e. The van der Waals surface area contributed by atoms with Crippen LogP contribution in [-0.2, 0) is 9.47 Å². The molecular weight excluding hydrogens is 228 g/mol. The maximum absolute atomic E-state index is 5.87. The first-order valence-electron chi connectivity index (χ1n) is 5.43. The molecule has 0 saturated carbocycles. The predicted molar refractivity (Wildman–Crippen MR) is 67.3 cm³/mol. The summed E-state index contributed by atoms with van der Waals surface area (Å²) in [4.78, 5) is 2.20. The second-order valence-electron chi connectivity index (χ2n) is 4.68. The van der Waals surface area contributed by atoms with Crippen LogP contribution >= 0.6 is 25.3 Å². The van der Waals surface area contributed by atoms with E-state index in [9.17, 15) is 0 Å². The van der Waals surface area contributed by atoms with E-state index in [4.69, 9.17) is 9.47 Å². The molecular formula is C11H18O2S2. The second-order valence-corrected chi connectivity index (χ2v) is 5.76. The zero-order chi connectivity index (χ0) is 11.1. The average molecular weight is 246 g/mol. The maximum Gasteiger partial charge on any atom is 0.163 e. The van der Waals surface area contributed by atoms with E-state index < -0.39 is 5.79 Å². The molecule has 0 radical (unpaired) electrons. The Hall–Kier alpha value is 0.360. The van der Waals surface area contributed by atoms with Gasteiger partial charge in [-0.3, -0.25) is 0 Å². The Kier molecular flexibility index (Phi) is 3.41. The Labute approximate surface area is 102 Å². The van der Waals surface area contributed by atoms with E-state index in [0.717, 1.165) is 35.5 Å². The maximum atomic E-state index is 5.87. The summed E-state index contributed by atoms with van der Waals surface area (Å²) in [5.74, 6) is -0.423. The van der Waals surface area contributed by atoms with E-state index in [0.29, 0.717) is 0 Å². The van der Waals surface area contributed by atoms with Crippen LogP contribution in [0, 0.1) is 0 Å². The van der Waals surface area contributed by atoms with E-state index in [1.54, 1.807) is 0 Å². The van der Waals surface area contributed by atoms with Crippen LogP contribution in [0.1, 0.15) is 39.5 Å². The monoisotopic (exact) mass is 246 g/mol. The van der Waals surface area contributed by atoms with Crippen LogP contribution in [0.4, 0.5) is 0 Å². The summed E-state index contributed by atoms with van der Waals surface area (Å²) in [6.07, 6.45) is 4.31. The molecule has 2 rings (SSSR count). The van der Waals surface area contributed by atoms with Crippen molar-refractivity contribution in [1.82, 2.24) is 0 Å². The summed E-state index contributed by atoms with van der Waals surface area (Å²) in [7, 11) is 0. The zero-order valence-electron chi connectivity index (χ0n) is 9.19. The first kappa shape index (κ1) is 11.8. The van der Waals surface area contributed by atoms with Gasteiger partial charge in [0, 0.05) is 0 Å². The average Bonchev–Trinajstić information content (AvgIpc) is 2.44. The largest absolute Gasteiger partial charge is 0.345 e. The van der Waals surface area contributed by atoms with Gasteiger partial charge < -0.3 is 9.47 Å². The topological polar surface area (TPSA) is 18.5 Å². The Bertz CT molecular complexity index is 260. The number of rotatable bonds is 0. The lowest BCUT2D eigenvalue weighted by molar-refractivity contribution is -0.146. The van der Waals surface area contributed by atoms with Crippen molar-refractivity contribution in [1.29, 1.82) is 0 Å². The molecule has 15 heavy (non-hydrogen) atoms. The third-order valence-corrected chi connectivity index (χ3v) is 4.11. The molecule has 0 aromatic heterocycles. The van der Waals surface area contributed by atoms with Gasteiger partial charge in [0.2, 0.25) is 0 Å². The van der Waals surface area contributed by atoms with Crippen LogP contribution in [0.2, 0.25) is 0 Å². The first-order chi connectivity index (χ1) is 6.98. The fourth-order valence-corrected chi connectivity index (χ4v) is 2.73. The Morgan fingerprint density at radius 2 is 1.40 bits per heavy atom. The summed E-state index contributed by atoms with van der Waals surface area (Å²) in [5, 5.41) is 0. The van der Waals surface area contributed by atoms with E-state index in [1.807, 2.05) is 13.8 Å². The van der Waals surface area contributed by atoms with Crippen molar-refractivity contribution in [2.24, 2.45) is 0 Å². The minimum absolute atomic E-state index is 0.226. The van der Waals surface area contributed by atoms with Crippen molar-refractivity contribution < 1.29 is 9.47 Å². The summed E-state index contributed by atoms with van der Waals surface area (Å²) < 4.78 is 11.7. The van der Waals surface area contributed by atoms with Gasteiger partial charge in [-0.2, -0.15) is 0 Å². The molecule has 1 aliphatic heterocycles. The number of hydrogen-bond acceptors (Lipinski definition) is 4. The van der Waals surface area contributed by atoms with E-state index in [1.165, 1.54) is 0 Å². The van der Waals surface area contributed by atoms with Gasteiger partial charge in [-0.15, -0.1) is 25.3 Å². The normalized spacial score (nSPS) is 36.0. The Morgan fingerprint density at radius 1 is 1.00 bits per heavy atom. The number of fused-ring (bicyclic) bond motifs is 1. The highest BCUT2D eigenvalue weighted by molar-refractivity contribution is 7.88. The molecule has 1 heterocycles. The fourth-order valence-electron chi connectivity index (χ4n) is 2.24. The zero-order valence-corrected chi connectivity index (χ0v) is 11.0. The molecule has 2 aliphatic rings. The van der Waals surface area contributed by atoms with Gasteiger partial charge in [0.25, 0.3) is 0 Å². The van der Waals surface area contributed by atoms with Gasteiger partial charge in [-0.05, 0) is 49.3 Å². The molecule has 0 spiro atoms. The lowest BCUT2D eigenvalue weighted by Crippen LogP contribution is -2.23. The molecule has 1 saturated heterocycles. The molecule has 0 aromatic rings. The highest BCUT2D eigenvalue weighted by Crippen LogP contribution is 2.37. The van der Waals surface area contributed by atoms with Crippen molar-refractivity contribution in [2.75, 3.05) is 0 Å². The third-order valence-electron chi connectivity index (χ3n) is 2.95. The van der Waals surface area contributed by atoms with Crippen LogP contribution in [0.5, 0.6) is 0 Å².